The van der Waals surface area contributed by atoms with Crippen LogP contribution in [0, 0.1) is 13.8 Å². The van der Waals surface area contributed by atoms with Gasteiger partial charge in [-0.1, -0.05) is 0 Å². The molecule has 3 rings (SSSR count). The number of halogens is 1. The van der Waals surface area contributed by atoms with Gasteiger partial charge in [-0.15, -0.1) is 11.3 Å². The fourth-order valence-corrected chi connectivity index (χ4v) is 4.49. The number of hydrogen-bond acceptors (Lipinski definition) is 4. The summed E-state index contributed by atoms with van der Waals surface area (Å²) in [6.45, 7) is 7.13. The summed E-state index contributed by atoms with van der Waals surface area (Å²) in [4.78, 5) is 18.5. The largest absolute Gasteiger partial charge is 0.376 e. The fraction of sp³-hybridized carbons (Fsp3) is 0.429. The van der Waals surface area contributed by atoms with Crippen molar-refractivity contribution in [2.75, 3.05) is 13.2 Å². The molecule has 2 aromatic rings. The number of carbonyl (C=O) groups is 1. The van der Waals surface area contributed by atoms with Gasteiger partial charge in [0.1, 0.15) is 9.71 Å². The summed E-state index contributed by atoms with van der Waals surface area (Å²) < 4.78 is 6.00. The second-order valence-corrected chi connectivity index (χ2v) is 7.31. The Balaban J connectivity index is 2.01. The number of ether oxygens (including phenoxy) is 1. The van der Waals surface area contributed by atoms with Crippen LogP contribution >= 0.6 is 27.3 Å². The summed E-state index contributed by atoms with van der Waals surface area (Å²) in [5.74, 6) is -0.0669. The number of nitrogens with one attached hydrogen (secondary N) is 1. The summed E-state index contributed by atoms with van der Waals surface area (Å²) in [6.07, 6.45) is 0. The molecule has 6 heteroatoms. The summed E-state index contributed by atoms with van der Waals surface area (Å²) in [5.41, 5.74) is 1.85. The van der Waals surface area contributed by atoms with Gasteiger partial charge in [-0.2, -0.15) is 0 Å². The molecule has 0 atom stereocenters. The second-order valence-electron chi connectivity index (χ2n) is 5.51. The van der Waals surface area contributed by atoms with E-state index in [9.17, 15) is 4.79 Å². The predicted octanol–water partition coefficient (Wildman–Crippen LogP) is 3.19. The molecule has 0 radical (unpaired) electrons. The normalized spacial score (nSPS) is 17.0. The topological polar surface area (TPSA) is 51.2 Å². The van der Waals surface area contributed by atoms with Crippen LogP contribution in [0.4, 0.5) is 0 Å². The van der Waals surface area contributed by atoms with Crippen molar-refractivity contribution in [1.29, 1.82) is 0 Å². The lowest BCUT2D eigenvalue weighted by atomic mass is 10.0. The average Bonchev–Trinajstić information content (AvgIpc) is 2.64. The van der Waals surface area contributed by atoms with Crippen LogP contribution < -0.4 is 5.32 Å². The highest BCUT2D eigenvalue weighted by atomic mass is 79.9. The van der Waals surface area contributed by atoms with Crippen LogP contribution in [0.25, 0.3) is 10.2 Å². The number of rotatable bonds is 2. The molecule has 2 aromatic heterocycles. The van der Waals surface area contributed by atoms with Crippen LogP contribution in [0.3, 0.4) is 0 Å². The first-order valence-electron chi connectivity index (χ1n) is 6.36. The van der Waals surface area contributed by atoms with Gasteiger partial charge < -0.3 is 10.1 Å². The summed E-state index contributed by atoms with van der Waals surface area (Å²) in [5, 5.41) is 4.06. The summed E-state index contributed by atoms with van der Waals surface area (Å²) in [7, 11) is 0. The Labute approximate surface area is 129 Å². The van der Waals surface area contributed by atoms with Crippen molar-refractivity contribution in [1.82, 2.24) is 10.3 Å². The maximum Gasteiger partial charge on any atom is 0.263 e. The van der Waals surface area contributed by atoms with E-state index in [2.05, 4.69) is 26.2 Å². The van der Waals surface area contributed by atoms with E-state index >= 15 is 0 Å². The maximum absolute atomic E-state index is 12.4. The number of aryl methyl sites for hydroxylation is 2. The van der Waals surface area contributed by atoms with Crippen molar-refractivity contribution in [2.24, 2.45) is 0 Å². The number of hydrogen-bond donors (Lipinski definition) is 1. The molecule has 4 nitrogen and oxygen atoms in total. The highest BCUT2D eigenvalue weighted by Gasteiger charge is 2.36. The van der Waals surface area contributed by atoms with Crippen molar-refractivity contribution in [2.45, 2.75) is 26.3 Å². The lowest BCUT2D eigenvalue weighted by Crippen LogP contribution is -2.59. The first kappa shape index (κ1) is 14.0. The Morgan fingerprint density at radius 2 is 2.20 bits per heavy atom. The third-order valence-corrected chi connectivity index (χ3v) is 5.53. The van der Waals surface area contributed by atoms with Gasteiger partial charge in [0.05, 0.1) is 23.2 Å². The first-order valence-corrected chi connectivity index (χ1v) is 7.97. The lowest BCUT2D eigenvalue weighted by Gasteiger charge is -2.38. The number of thiophene rings is 1. The smallest absolute Gasteiger partial charge is 0.263 e. The molecule has 0 aliphatic carbocycles. The molecule has 1 N–H and O–H groups in total. The Kier molecular flexibility index (Phi) is 3.35. The van der Waals surface area contributed by atoms with Gasteiger partial charge >= 0.3 is 0 Å². The standard InChI is InChI=1S/C14H15BrN2O2S/c1-7-4-8(2)16-13-9(7)10(15)11(20-13)12(18)17-14(3)5-19-6-14/h4H,5-6H2,1-3H3,(H,17,18). The van der Waals surface area contributed by atoms with Gasteiger partial charge in [0.15, 0.2) is 0 Å². The average molecular weight is 355 g/mol. The van der Waals surface area contributed by atoms with E-state index in [0.29, 0.717) is 18.1 Å². The molecule has 1 aliphatic heterocycles. The van der Waals surface area contributed by atoms with E-state index < -0.39 is 0 Å². The van der Waals surface area contributed by atoms with E-state index in [1.807, 2.05) is 26.8 Å². The van der Waals surface area contributed by atoms with Crippen molar-refractivity contribution < 1.29 is 9.53 Å². The molecule has 0 spiro atoms. The highest BCUT2D eigenvalue weighted by Crippen LogP contribution is 2.37. The molecule has 106 valence electrons. The van der Waals surface area contributed by atoms with Crippen LogP contribution in [0.15, 0.2) is 10.5 Å². The molecule has 0 saturated carbocycles. The van der Waals surface area contributed by atoms with E-state index in [1.165, 1.54) is 11.3 Å². The van der Waals surface area contributed by atoms with Gasteiger partial charge in [0.25, 0.3) is 5.91 Å². The minimum atomic E-state index is -0.245. The third kappa shape index (κ3) is 2.25. The number of nitrogens with zero attached hydrogens (tertiary/aromatic N) is 1. The van der Waals surface area contributed by atoms with E-state index in [4.69, 9.17) is 4.74 Å². The molecule has 20 heavy (non-hydrogen) atoms. The predicted molar refractivity (Wildman–Crippen MR) is 83.5 cm³/mol. The van der Waals surface area contributed by atoms with Crippen LogP contribution in [0.2, 0.25) is 0 Å². The van der Waals surface area contributed by atoms with Crippen LogP contribution in [-0.2, 0) is 4.74 Å². The maximum atomic E-state index is 12.4. The van der Waals surface area contributed by atoms with E-state index in [-0.39, 0.29) is 11.4 Å². The van der Waals surface area contributed by atoms with Gasteiger partial charge in [-0.3, -0.25) is 4.79 Å². The molecule has 1 amide bonds. The molecule has 0 bridgehead atoms. The zero-order valence-corrected chi connectivity index (χ0v) is 13.9. The molecule has 1 aliphatic rings. The molecule has 1 fully saturated rings. The van der Waals surface area contributed by atoms with E-state index in [0.717, 1.165) is 25.9 Å². The number of aromatic nitrogens is 1. The Morgan fingerprint density at radius 3 is 2.80 bits per heavy atom. The van der Waals surface area contributed by atoms with Crippen LogP contribution in [-0.4, -0.2) is 29.6 Å². The first-order chi connectivity index (χ1) is 9.39. The zero-order chi connectivity index (χ0) is 14.5. The van der Waals surface area contributed by atoms with Gasteiger partial charge in [-0.25, -0.2) is 4.98 Å². The summed E-state index contributed by atoms with van der Waals surface area (Å²) in [6, 6.07) is 2.03. The zero-order valence-electron chi connectivity index (χ0n) is 11.5. The highest BCUT2D eigenvalue weighted by molar-refractivity contribution is 9.10. The third-order valence-electron chi connectivity index (χ3n) is 3.39. The molecule has 0 unspecified atom stereocenters. The molecular formula is C14H15BrN2O2S. The van der Waals surface area contributed by atoms with Crippen molar-refractivity contribution in [3.63, 3.8) is 0 Å². The molecule has 0 aromatic carbocycles. The number of carbonyl (C=O) groups excluding carboxylic acids is 1. The number of amides is 1. The summed E-state index contributed by atoms with van der Waals surface area (Å²) >= 11 is 4.98. The minimum Gasteiger partial charge on any atom is -0.376 e. The Bertz CT molecular complexity index is 707. The molecular weight excluding hydrogens is 340 g/mol. The van der Waals surface area contributed by atoms with Gasteiger partial charge in [0.2, 0.25) is 0 Å². The van der Waals surface area contributed by atoms with Crippen LogP contribution in [0.5, 0.6) is 0 Å². The monoisotopic (exact) mass is 354 g/mol. The molecule has 1 saturated heterocycles. The number of fused-ring (bicyclic) bond motifs is 1. The van der Waals surface area contributed by atoms with Gasteiger partial charge in [0, 0.05) is 11.1 Å². The number of pyridine rings is 1. The van der Waals surface area contributed by atoms with Crippen molar-refractivity contribution in [3.8, 4) is 0 Å². The van der Waals surface area contributed by atoms with Crippen molar-refractivity contribution >= 4 is 43.4 Å². The minimum absolute atomic E-state index is 0.0669. The fourth-order valence-electron chi connectivity index (χ4n) is 2.36. The van der Waals surface area contributed by atoms with Crippen LogP contribution in [0.1, 0.15) is 27.9 Å². The quantitative estimate of drug-likeness (QED) is 0.900. The Hall–Kier alpha value is -0.980. The molecule has 3 heterocycles. The van der Waals surface area contributed by atoms with Gasteiger partial charge in [-0.05, 0) is 48.3 Å². The van der Waals surface area contributed by atoms with E-state index in [1.54, 1.807) is 0 Å². The Morgan fingerprint density at radius 1 is 1.50 bits per heavy atom. The second kappa shape index (κ2) is 4.79. The van der Waals surface area contributed by atoms with Crippen molar-refractivity contribution in [3.05, 3.63) is 26.7 Å². The lowest BCUT2D eigenvalue weighted by molar-refractivity contribution is -0.0593. The SMILES string of the molecule is Cc1cc(C)c2c(Br)c(C(=O)NC3(C)COC3)sc2n1.